The average Bonchev–Trinajstić information content (AvgIpc) is 3.08. The average molecular weight is 366 g/mol. The summed E-state index contributed by atoms with van der Waals surface area (Å²) in [6, 6.07) is 14.7. The van der Waals surface area contributed by atoms with Gasteiger partial charge in [0.05, 0.1) is 22.9 Å². The fraction of sp³-hybridized carbons (Fsp3) is 0.150. The Bertz CT molecular complexity index is 940. The third-order valence-corrected chi connectivity index (χ3v) is 4.95. The quantitative estimate of drug-likeness (QED) is 0.626. The maximum Gasteiger partial charge on any atom is 0.337 e. The first kappa shape index (κ1) is 17.8. The van der Waals surface area contributed by atoms with Crippen LogP contribution in [0.1, 0.15) is 33.8 Å². The molecule has 5 nitrogen and oxygen atoms in total. The zero-order valence-corrected chi connectivity index (χ0v) is 14.9. The van der Waals surface area contributed by atoms with E-state index in [1.807, 2.05) is 30.3 Å². The van der Waals surface area contributed by atoms with E-state index in [1.54, 1.807) is 24.3 Å². The number of esters is 1. The summed E-state index contributed by atoms with van der Waals surface area (Å²) in [6.45, 7) is 0. The third kappa shape index (κ3) is 4.15. The molecule has 0 amide bonds. The van der Waals surface area contributed by atoms with Crippen LogP contribution in [0.25, 0.3) is 21.9 Å². The topological polar surface area (TPSA) is 79.3 Å². The van der Waals surface area contributed by atoms with Crippen molar-refractivity contribution >= 4 is 45.1 Å². The number of hydrogen-bond donors (Lipinski definition) is 0. The Morgan fingerprint density at radius 2 is 1.85 bits per heavy atom. The molecule has 3 rings (SSSR count). The monoisotopic (exact) mass is 366 g/mol. The highest BCUT2D eigenvalue weighted by atomic mass is 32.1. The predicted molar refractivity (Wildman–Crippen MR) is 99.5 cm³/mol. The number of aromatic nitrogens is 1. The Kier molecular flexibility index (Phi) is 5.43. The van der Waals surface area contributed by atoms with E-state index >= 15 is 0 Å². The number of hydrogen-bond acceptors (Lipinski definition) is 6. The summed E-state index contributed by atoms with van der Waals surface area (Å²) >= 11 is 1.52. The van der Waals surface area contributed by atoms with Gasteiger partial charge in [-0.25, -0.2) is 9.78 Å². The van der Waals surface area contributed by atoms with Gasteiger partial charge in [-0.2, -0.15) is 0 Å². The Balaban J connectivity index is 1.95. The second kappa shape index (κ2) is 7.93. The van der Waals surface area contributed by atoms with E-state index in [1.165, 1.54) is 18.4 Å². The van der Waals surface area contributed by atoms with Gasteiger partial charge in [0.15, 0.2) is 0 Å². The molecular formula is C20H16NO4S-. The van der Waals surface area contributed by atoms with E-state index in [-0.39, 0.29) is 6.42 Å². The number of benzene rings is 2. The number of ether oxygens (including phenoxy) is 1. The molecule has 0 saturated heterocycles. The number of fused-ring (bicyclic) bond motifs is 1. The lowest BCUT2D eigenvalue weighted by atomic mass is 10.1. The number of para-hydroxylation sites is 1. The number of allylic oxidation sites excluding steroid dienone is 1. The maximum absolute atomic E-state index is 11.5. The van der Waals surface area contributed by atoms with E-state index in [0.717, 1.165) is 26.4 Å². The van der Waals surface area contributed by atoms with Gasteiger partial charge in [0, 0.05) is 5.97 Å². The van der Waals surface area contributed by atoms with Crippen molar-refractivity contribution < 1.29 is 19.4 Å². The molecule has 0 spiro atoms. The summed E-state index contributed by atoms with van der Waals surface area (Å²) in [5.41, 5.74) is 3.01. The minimum absolute atomic E-state index is 0.0813. The van der Waals surface area contributed by atoms with Gasteiger partial charge in [0.2, 0.25) is 0 Å². The van der Waals surface area contributed by atoms with Crippen LogP contribution in [0.5, 0.6) is 0 Å². The maximum atomic E-state index is 11.5. The fourth-order valence-corrected chi connectivity index (χ4v) is 3.53. The van der Waals surface area contributed by atoms with Crippen LogP contribution in [0.4, 0.5) is 0 Å². The van der Waals surface area contributed by atoms with Crippen LogP contribution in [0.15, 0.2) is 48.5 Å². The van der Waals surface area contributed by atoms with Crippen molar-refractivity contribution in [2.75, 3.05) is 7.11 Å². The van der Waals surface area contributed by atoms with Crippen LogP contribution in [-0.4, -0.2) is 24.0 Å². The lowest BCUT2D eigenvalue weighted by Gasteiger charge is -2.06. The Hall–Kier alpha value is -2.99. The summed E-state index contributed by atoms with van der Waals surface area (Å²) in [7, 11) is 1.33. The third-order valence-electron chi connectivity index (χ3n) is 3.84. The van der Waals surface area contributed by atoms with Crippen molar-refractivity contribution in [1.29, 1.82) is 0 Å². The largest absolute Gasteiger partial charge is 0.550 e. The normalized spacial score (nSPS) is 11.5. The summed E-state index contributed by atoms with van der Waals surface area (Å²) in [4.78, 5) is 27.0. The Labute approximate surface area is 154 Å². The molecule has 1 heterocycles. The SMILES string of the molecule is COC(=O)c1ccc(/C=C(\CCC(=O)[O-])c2nc3ccccc3s2)cc1. The molecule has 2 aromatic carbocycles. The zero-order valence-electron chi connectivity index (χ0n) is 14.1. The molecular weight excluding hydrogens is 350 g/mol. The van der Waals surface area contributed by atoms with E-state index in [2.05, 4.69) is 4.98 Å². The first-order valence-corrected chi connectivity index (χ1v) is 8.83. The number of methoxy groups -OCH3 is 1. The summed E-state index contributed by atoms with van der Waals surface area (Å²) in [5, 5.41) is 11.7. The Morgan fingerprint density at radius 1 is 1.12 bits per heavy atom. The zero-order chi connectivity index (χ0) is 18.5. The van der Waals surface area contributed by atoms with Crippen molar-refractivity contribution in [1.82, 2.24) is 4.98 Å². The van der Waals surface area contributed by atoms with Crippen molar-refractivity contribution in [2.45, 2.75) is 12.8 Å². The van der Waals surface area contributed by atoms with Crippen molar-refractivity contribution in [3.63, 3.8) is 0 Å². The van der Waals surface area contributed by atoms with E-state index in [4.69, 9.17) is 4.74 Å². The molecule has 0 aliphatic rings. The molecule has 0 aliphatic carbocycles. The van der Waals surface area contributed by atoms with Gasteiger partial charge in [-0.05, 0) is 54.3 Å². The first-order valence-electron chi connectivity index (χ1n) is 8.01. The molecule has 0 bridgehead atoms. The van der Waals surface area contributed by atoms with Crippen LogP contribution in [-0.2, 0) is 9.53 Å². The standard InChI is InChI=1S/C20H17NO4S/c1-25-20(24)14-8-6-13(7-9-14)12-15(10-11-18(22)23)19-21-16-4-2-3-5-17(16)26-19/h2-9,12H,10-11H2,1H3,(H,22,23)/p-1/b15-12+. The van der Waals surface area contributed by atoms with Crippen LogP contribution in [0, 0.1) is 0 Å². The molecule has 132 valence electrons. The minimum atomic E-state index is -1.10. The predicted octanol–water partition coefficient (Wildman–Crippen LogP) is 3.15. The minimum Gasteiger partial charge on any atom is -0.550 e. The second-order valence-corrected chi connectivity index (χ2v) is 6.67. The van der Waals surface area contributed by atoms with Crippen LogP contribution >= 0.6 is 11.3 Å². The van der Waals surface area contributed by atoms with Gasteiger partial charge in [0.25, 0.3) is 0 Å². The lowest BCUT2D eigenvalue weighted by molar-refractivity contribution is -0.305. The van der Waals surface area contributed by atoms with Crippen molar-refractivity contribution in [3.05, 3.63) is 64.7 Å². The van der Waals surface area contributed by atoms with Gasteiger partial charge < -0.3 is 14.6 Å². The molecule has 1 aromatic heterocycles. The first-order chi connectivity index (χ1) is 12.6. The van der Waals surface area contributed by atoms with Crippen molar-refractivity contribution in [3.8, 4) is 0 Å². The summed E-state index contributed by atoms with van der Waals surface area (Å²) < 4.78 is 5.73. The van der Waals surface area contributed by atoms with Gasteiger partial charge in [-0.3, -0.25) is 0 Å². The molecule has 0 N–H and O–H groups in total. The highest BCUT2D eigenvalue weighted by Crippen LogP contribution is 2.30. The van der Waals surface area contributed by atoms with E-state index < -0.39 is 11.9 Å². The second-order valence-electron chi connectivity index (χ2n) is 5.64. The molecule has 3 aromatic rings. The van der Waals surface area contributed by atoms with Gasteiger partial charge in [-0.1, -0.05) is 24.3 Å². The number of carboxylic acids is 1. The van der Waals surface area contributed by atoms with Crippen LogP contribution < -0.4 is 5.11 Å². The fourth-order valence-electron chi connectivity index (χ4n) is 2.52. The number of carboxylic acid groups (broad SMARTS) is 1. The molecule has 0 unspecified atom stereocenters. The highest BCUT2D eigenvalue weighted by molar-refractivity contribution is 7.19. The van der Waals surface area contributed by atoms with Crippen LogP contribution in [0.3, 0.4) is 0 Å². The molecule has 0 atom stereocenters. The molecule has 0 saturated carbocycles. The van der Waals surface area contributed by atoms with Crippen molar-refractivity contribution in [2.24, 2.45) is 0 Å². The van der Waals surface area contributed by atoms with E-state index in [9.17, 15) is 14.7 Å². The van der Waals surface area contributed by atoms with Gasteiger partial charge >= 0.3 is 5.97 Å². The van der Waals surface area contributed by atoms with Gasteiger partial charge in [0.1, 0.15) is 5.01 Å². The number of carbonyl (C=O) groups excluding carboxylic acids is 2. The lowest BCUT2D eigenvalue weighted by Crippen LogP contribution is -2.21. The number of thiazole rings is 1. The molecule has 26 heavy (non-hydrogen) atoms. The number of carbonyl (C=O) groups is 2. The Morgan fingerprint density at radius 3 is 2.50 bits per heavy atom. The molecule has 0 fully saturated rings. The summed E-state index contributed by atoms with van der Waals surface area (Å²) in [6.07, 6.45) is 2.13. The molecule has 0 aliphatic heterocycles. The molecule has 0 radical (unpaired) electrons. The van der Waals surface area contributed by atoms with Crippen LogP contribution in [0.2, 0.25) is 0 Å². The smallest absolute Gasteiger partial charge is 0.337 e. The number of aliphatic carboxylic acids is 1. The highest BCUT2D eigenvalue weighted by Gasteiger charge is 2.10. The van der Waals surface area contributed by atoms with Gasteiger partial charge in [-0.15, -0.1) is 11.3 Å². The number of nitrogens with zero attached hydrogens (tertiary/aromatic N) is 1. The number of rotatable bonds is 6. The molecule has 6 heteroatoms. The summed E-state index contributed by atoms with van der Waals surface area (Å²) in [5.74, 6) is -1.50. The van der Waals surface area contributed by atoms with E-state index in [0.29, 0.717) is 12.0 Å².